The van der Waals surface area contributed by atoms with Gasteiger partial charge in [-0.05, 0) is 18.9 Å². The van der Waals surface area contributed by atoms with Gasteiger partial charge in [0.15, 0.2) is 0 Å². The molecule has 1 atom stereocenters. The molecule has 17 heavy (non-hydrogen) atoms. The number of aromatic amines is 1. The second kappa shape index (κ2) is 7.45. The fraction of sp³-hybridized carbons (Fsp3) is 0.769. The Morgan fingerprint density at radius 2 is 2.24 bits per heavy atom. The van der Waals surface area contributed by atoms with Gasteiger partial charge in [0.05, 0.1) is 0 Å². The average molecular weight is 239 g/mol. The molecule has 0 radical (unpaired) electrons. The molecule has 0 aliphatic heterocycles. The van der Waals surface area contributed by atoms with Crippen LogP contribution in [0, 0.1) is 5.92 Å². The van der Waals surface area contributed by atoms with Crippen LogP contribution in [0.2, 0.25) is 0 Å². The number of aromatic nitrogens is 2. The van der Waals surface area contributed by atoms with Gasteiger partial charge < -0.3 is 15.0 Å². The third-order valence-corrected chi connectivity index (χ3v) is 2.66. The smallest absolute Gasteiger partial charge is 0.135 e. The first-order valence-electron chi connectivity index (χ1n) is 6.44. The maximum Gasteiger partial charge on any atom is 0.135 e. The maximum absolute atomic E-state index is 5.42. The second-order valence-corrected chi connectivity index (χ2v) is 4.83. The fourth-order valence-corrected chi connectivity index (χ4v) is 1.75. The van der Waals surface area contributed by atoms with Crippen molar-refractivity contribution < 1.29 is 4.74 Å². The Hall–Kier alpha value is -0.870. The summed E-state index contributed by atoms with van der Waals surface area (Å²) in [5, 5.41) is 3.39. The molecule has 4 nitrogen and oxygen atoms in total. The lowest BCUT2D eigenvalue weighted by molar-refractivity contribution is 0.0882. The van der Waals surface area contributed by atoms with Crippen molar-refractivity contribution in [3.8, 4) is 0 Å². The topological polar surface area (TPSA) is 49.9 Å². The first kappa shape index (κ1) is 14.2. The Bertz CT molecular complexity index is 309. The van der Waals surface area contributed by atoms with Gasteiger partial charge in [0, 0.05) is 25.5 Å². The van der Waals surface area contributed by atoms with E-state index in [1.165, 1.54) is 0 Å². The van der Waals surface area contributed by atoms with Gasteiger partial charge in [0.25, 0.3) is 0 Å². The van der Waals surface area contributed by atoms with Gasteiger partial charge in [0.2, 0.25) is 0 Å². The Labute approximate surface area is 104 Å². The number of imidazole rings is 1. The molecule has 0 bridgehead atoms. The summed E-state index contributed by atoms with van der Waals surface area (Å²) in [5.41, 5.74) is 1.12. The number of ether oxygens (including phenoxy) is 1. The summed E-state index contributed by atoms with van der Waals surface area (Å²) in [5.74, 6) is 1.61. The number of rotatable bonds is 8. The molecule has 4 heteroatoms. The molecule has 2 N–H and O–H groups in total. The second-order valence-electron chi connectivity index (χ2n) is 4.83. The Morgan fingerprint density at radius 3 is 2.82 bits per heavy atom. The van der Waals surface area contributed by atoms with Gasteiger partial charge in [0.1, 0.15) is 11.9 Å². The molecule has 0 aromatic carbocycles. The van der Waals surface area contributed by atoms with Gasteiger partial charge >= 0.3 is 0 Å². The Kier molecular flexibility index (Phi) is 6.22. The quantitative estimate of drug-likeness (QED) is 0.733. The Balaban J connectivity index is 2.46. The summed E-state index contributed by atoms with van der Waals surface area (Å²) < 4.78 is 5.42. The molecule has 1 aromatic heterocycles. The van der Waals surface area contributed by atoms with Crippen LogP contribution < -0.4 is 5.32 Å². The predicted octanol–water partition coefficient (Wildman–Crippen LogP) is 2.64. The molecule has 1 aromatic rings. The molecule has 98 valence electrons. The maximum atomic E-state index is 5.42. The lowest BCUT2D eigenvalue weighted by Crippen LogP contribution is -2.19. The van der Waals surface area contributed by atoms with E-state index in [0.29, 0.717) is 5.92 Å². The zero-order valence-electron chi connectivity index (χ0n) is 11.4. The highest BCUT2D eigenvalue weighted by Crippen LogP contribution is 2.18. The summed E-state index contributed by atoms with van der Waals surface area (Å²) in [7, 11) is 1.74. The SMILES string of the molecule is CCCC(OC)c1ncc(CNCC(C)C)[nH]1. The van der Waals surface area contributed by atoms with Crippen molar-refractivity contribution >= 4 is 0 Å². The average Bonchev–Trinajstić information content (AvgIpc) is 2.74. The van der Waals surface area contributed by atoms with Crippen molar-refractivity contribution in [2.75, 3.05) is 13.7 Å². The van der Waals surface area contributed by atoms with E-state index < -0.39 is 0 Å². The number of nitrogens with zero attached hydrogens (tertiary/aromatic N) is 1. The highest BCUT2D eigenvalue weighted by molar-refractivity contribution is 5.03. The molecule has 0 saturated heterocycles. The van der Waals surface area contributed by atoms with Crippen molar-refractivity contribution in [1.29, 1.82) is 0 Å². The molecule has 0 amide bonds. The van der Waals surface area contributed by atoms with Gasteiger partial charge in [-0.2, -0.15) is 0 Å². The first-order chi connectivity index (χ1) is 8.17. The standard InChI is InChI=1S/C13H25N3O/c1-5-6-12(17-4)13-15-9-11(16-13)8-14-7-10(2)3/h9-10,12,14H,5-8H2,1-4H3,(H,15,16). The van der Waals surface area contributed by atoms with Crippen molar-refractivity contribution in [3.05, 3.63) is 17.7 Å². The minimum absolute atomic E-state index is 0.0962. The zero-order chi connectivity index (χ0) is 12.7. The highest BCUT2D eigenvalue weighted by atomic mass is 16.5. The van der Waals surface area contributed by atoms with E-state index in [4.69, 9.17) is 4.74 Å². The number of hydrogen-bond acceptors (Lipinski definition) is 3. The van der Waals surface area contributed by atoms with E-state index in [-0.39, 0.29) is 6.10 Å². The lowest BCUT2D eigenvalue weighted by atomic mass is 10.2. The van der Waals surface area contributed by atoms with Gasteiger partial charge in [-0.1, -0.05) is 27.2 Å². The van der Waals surface area contributed by atoms with Crippen molar-refractivity contribution in [2.45, 2.75) is 46.3 Å². The summed E-state index contributed by atoms with van der Waals surface area (Å²) in [6, 6.07) is 0. The van der Waals surface area contributed by atoms with Crippen LogP contribution in [0.15, 0.2) is 6.20 Å². The first-order valence-corrected chi connectivity index (χ1v) is 6.44. The van der Waals surface area contributed by atoms with Gasteiger partial charge in [-0.25, -0.2) is 4.98 Å². The molecule has 0 aliphatic rings. The monoisotopic (exact) mass is 239 g/mol. The van der Waals surface area contributed by atoms with Gasteiger partial charge in [-0.15, -0.1) is 0 Å². The molecular weight excluding hydrogens is 214 g/mol. The van der Waals surface area contributed by atoms with Crippen LogP contribution in [-0.2, 0) is 11.3 Å². The van der Waals surface area contributed by atoms with Crippen LogP contribution in [0.1, 0.15) is 51.2 Å². The predicted molar refractivity (Wildman–Crippen MR) is 69.8 cm³/mol. The molecule has 1 rings (SSSR count). The number of hydrogen-bond donors (Lipinski definition) is 2. The zero-order valence-corrected chi connectivity index (χ0v) is 11.4. The summed E-state index contributed by atoms with van der Waals surface area (Å²) in [6.07, 6.45) is 4.09. The highest BCUT2D eigenvalue weighted by Gasteiger charge is 2.12. The van der Waals surface area contributed by atoms with Crippen molar-refractivity contribution in [3.63, 3.8) is 0 Å². The van der Waals surface area contributed by atoms with E-state index in [0.717, 1.165) is 37.4 Å². The summed E-state index contributed by atoms with van der Waals surface area (Å²) >= 11 is 0. The molecule has 0 spiro atoms. The normalized spacial score (nSPS) is 13.2. The van der Waals surface area contributed by atoms with Gasteiger partial charge in [-0.3, -0.25) is 0 Å². The van der Waals surface area contributed by atoms with E-state index >= 15 is 0 Å². The van der Waals surface area contributed by atoms with E-state index in [9.17, 15) is 0 Å². The van der Waals surface area contributed by atoms with E-state index in [1.807, 2.05) is 6.20 Å². The van der Waals surface area contributed by atoms with Crippen LogP contribution in [0.3, 0.4) is 0 Å². The minimum Gasteiger partial charge on any atom is -0.374 e. The number of methoxy groups -OCH3 is 1. The molecule has 1 unspecified atom stereocenters. The third kappa shape index (κ3) is 4.88. The fourth-order valence-electron chi connectivity index (χ4n) is 1.75. The molecule has 0 fully saturated rings. The van der Waals surface area contributed by atoms with Crippen LogP contribution in [-0.4, -0.2) is 23.6 Å². The molecular formula is C13H25N3O. The van der Waals surface area contributed by atoms with Crippen molar-refractivity contribution in [2.24, 2.45) is 5.92 Å². The van der Waals surface area contributed by atoms with E-state index in [2.05, 4.69) is 36.1 Å². The molecule has 0 aliphatic carbocycles. The largest absolute Gasteiger partial charge is 0.374 e. The summed E-state index contributed by atoms with van der Waals surface area (Å²) in [6.45, 7) is 8.42. The van der Waals surface area contributed by atoms with Crippen LogP contribution in [0.25, 0.3) is 0 Å². The Morgan fingerprint density at radius 1 is 1.47 bits per heavy atom. The lowest BCUT2D eigenvalue weighted by Gasteiger charge is -2.11. The molecule has 0 saturated carbocycles. The van der Waals surface area contributed by atoms with Crippen LogP contribution in [0.5, 0.6) is 0 Å². The van der Waals surface area contributed by atoms with E-state index in [1.54, 1.807) is 7.11 Å². The minimum atomic E-state index is 0.0962. The summed E-state index contributed by atoms with van der Waals surface area (Å²) in [4.78, 5) is 7.71. The number of H-pyrrole nitrogens is 1. The van der Waals surface area contributed by atoms with Crippen LogP contribution in [0.4, 0.5) is 0 Å². The molecule has 1 heterocycles. The third-order valence-electron chi connectivity index (χ3n) is 2.66. The number of nitrogens with one attached hydrogen (secondary N) is 2. The van der Waals surface area contributed by atoms with Crippen molar-refractivity contribution in [1.82, 2.24) is 15.3 Å². The van der Waals surface area contributed by atoms with Crippen LogP contribution >= 0.6 is 0 Å².